The molecular formula is C22H24FNO3. The number of ether oxygens (including phenoxy) is 1. The summed E-state index contributed by atoms with van der Waals surface area (Å²) in [6.07, 6.45) is 3.14. The van der Waals surface area contributed by atoms with Crippen LogP contribution >= 0.6 is 0 Å². The van der Waals surface area contributed by atoms with E-state index in [1.54, 1.807) is 18.2 Å². The Morgan fingerprint density at radius 1 is 1.07 bits per heavy atom. The highest BCUT2D eigenvalue weighted by molar-refractivity contribution is 5.90. The van der Waals surface area contributed by atoms with Crippen molar-refractivity contribution >= 4 is 18.0 Å². The number of carbonyl (C=O) groups is 2. The summed E-state index contributed by atoms with van der Waals surface area (Å²) in [5, 5.41) is 2.84. The Morgan fingerprint density at radius 2 is 1.74 bits per heavy atom. The number of hydrogen-bond donors (Lipinski definition) is 1. The van der Waals surface area contributed by atoms with Gasteiger partial charge in [0.05, 0.1) is 0 Å². The molecule has 2 rings (SSSR count). The molecule has 0 fully saturated rings. The second-order valence-corrected chi connectivity index (χ2v) is 6.37. The summed E-state index contributed by atoms with van der Waals surface area (Å²) < 4.78 is 18.6. The highest BCUT2D eigenvalue weighted by atomic mass is 19.1. The first-order chi connectivity index (χ1) is 13.0. The van der Waals surface area contributed by atoms with Crippen LogP contribution in [0.3, 0.4) is 0 Å². The van der Waals surface area contributed by atoms with Crippen molar-refractivity contribution in [3.63, 3.8) is 0 Å². The molecule has 2 aromatic carbocycles. The standard InChI is InChI=1S/C22H24FNO3/c1-16(12-13-18-8-4-3-5-9-18)24-22(26)17(2)27-21(25)15-14-19-10-6-7-11-20(19)23/h3-11,14-17H,12-13H2,1-2H3,(H,24,26)/b15-14+/t16-,17+/m0/s1. The molecule has 2 atom stereocenters. The highest BCUT2D eigenvalue weighted by Gasteiger charge is 2.18. The molecule has 0 saturated heterocycles. The van der Waals surface area contributed by atoms with Gasteiger partial charge in [0.25, 0.3) is 5.91 Å². The van der Waals surface area contributed by atoms with E-state index in [4.69, 9.17) is 4.74 Å². The molecule has 0 heterocycles. The molecule has 0 bridgehead atoms. The first-order valence-electron chi connectivity index (χ1n) is 8.93. The van der Waals surface area contributed by atoms with Crippen LogP contribution in [0.15, 0.2) is 60.7 Å². The van der Waals surface area contributed by atoms with Crippen LogP contribution in [0.5, 0.6) is 0 Å². The molecule has 0 saturated carbocycles. The third-order valence-electron chi connectivity index (χ3n) is 4.06. The van der Waals surface area contributed by atoms with Gasteiger partial charge >= 0.3 is 5.97 Å². The summed E-state index contributed by atoms with van der Waals surface area (Å²) in [4.78, 5) is 24.0. The number of halogens is 1. The molecule has 4 nitrogen and oxygen atoms in total. The van der Waals surface area contributed by atoms with Gasteiger partial charge in [-0.05, 0) is 44.4 Å². The van der Waals surface area contributed by atoms with E-state index in [-0.39, 0.29) is 17.5 Å². The van der Waals surface area contributed by atoms with Crippen LogP contribution < -0.4 is 5.32 Å². The topological polar surface area (TPSA) is 55.4 Å². The van der Waals surface area contributed by atoms with Gasteiger partial charge in [-0.25, -0.2) is 9.18 Å². The highest BCUT2D eigenvalue weighted by Crippen LogP contribution is 2.09. The molecule has 0 unspecified atom stereocenters. The number of nitrogens with one attached hydrogen (secondary N) is 1. The summed E-state index contributed by atoms with van der Waals surface area (Å²) in [7, 11) is 0. The monoisotopic (exact) mass is 369 g/mol. The average molecular weight is 369 g/mol. The third-order valence-corrected chi connectivity index (χ3v) is 4.06. The molecule has 27 heavy (non-hydrogen) atoms. The maximum absolute atomic E-state index is 13.5. The zero-order chi connectivity index (χ0) is 19.6. The van der Waals surface area contributed by atoms with Crippen molar-refractivity contribution < 1.29 is 18.7 Å². The SMILES string of the molecule is C[C@@H](CCc1ccccc1)NC(=O)[C@@H](C)OC(=O)/C=C/c1ccccc1F. The zero-order valence-corrected chi connectivity index (χ0v) is 15.5. The summed E-state index contributed by atoms with van der Waals surface area (Å²) in [6, 6.07) is 16.0. The molecule has 142 valence electrons. The van der Waals surface area contributed by atoms with Gasteiger partial charge in [0, 0.05) is 17.7 Å². The van der Waals surface area contributed by atoms with Gasteiger partial charge in [0.2, 0.25) is 0 Å². The Hall–Kier alpha value is -2.95. The van der Waals surface area contributed by atoms with Crippen molar-refractivity contribution in [3.05, 3.63) is 77.6 Å². The molecule has 0 aliphatic carbocycles. The largest absolute Gasteiger partial charge is 0.449 e. The minimum absolute atomic E-state index is 0.0483. The van der Waals surface area contributed by atoms with E-state index in [1.165, 1.54) is 24.6 Å². The number of benzene rings is 2. The van der Waals surface area contributed by atoms with Gasteiger partial charge in [-0.1, -0.05) is 48.5 Å². The lowest BCUT2D eigenvalue weighted by atomic mass is 10.1. The number of esters is 1. The van der Waals surface area contributed by atoms with Crippen LogP contribution in [-0.2, 0) is 20.7 Å². The second-order valence-electron chi connectivity index (χ2n) is 6.37. The molecular weight excluding hydrogens is 345 g/mol. The number of aryl methyl sites for hydroxylation is 1. The lowest BCUT2D eigenvalue weighted by Gasteiger charge is -2.17. The van der Waals surface area contributed by atoms with Gasteiger partial charge < -0.3 is 10.1 Å². The first-order valence-corrected chi connectivity index (χ1v) is 8.93. The summed E-state index contributed by atoms with van der Waals surface area (Å²) in [5.41, 5.74) is 1.48. The van der Waals surface area contributed by atoms with Gasteiger partial charge in [-0.2, -0.15) is 0 Å². The Balaban J connectivity index is 1.77. The van der Waals surface area contributed by atoms with E-state index in [2.05, 4.69) is 5.32 Å². The quantitative estimate of drug-likeness (QED) is 0.567. The third kappa shape index (κ3) is 7.05. The molecule has 0 aliphatic rings. The predicted octanol–water partition coefficient (Wildman–Crippen LogP) is 3.91. The fraction of sp³-hybridized carbons (Fsp3) is 0.273. The van der Waals surface area contributed by atoms with Crippen LogP contribution in [0.25, 0.3) is 6.08 Å². The number of carbonyl (C=O) groups excluding carboxylic acids is 2. The molecule has 0 aliphatic heterocycles. The van der Waals surface area contributed by atoms with E-state index >= 15 is 0 Å². The van der Waals surface area contributed by atoms with Crippen LogP contribution in [-0.4, -0.2) is 24.0 Å². The molecule has 0 radical (unpaired) electrons. The lowest BCUT2D eigenvalue weighted by molar-refractivity contribution is -0.150. The smallest absolute Gasteiger partial charge is 0.331 e. The Kier molecular flexibility index (Phi) is 7.74. The predicted molar refractivity (Wildman–Crippen MR) is 103 cm³/mol. The average Bonchev–Trinajstić information content (AvgIpc) is 2.66. The van der Waals surface area contributed by atoms with E-state index in [1.807, 2.05) is 37.3 Å². The molecule has 2 aromatic rings. The summed E-state index contributed by atoms with van der Waals surface area (Å²) in [5.74, 6) is -1.49. The van der Waals surface area contributed by atoms with Gasteiger partial charge in [-0.15, -0.1) is 0 Å². The maximum atomic E-state index is 13.5. The molecule has 1 amide bonds. The number of rotatable bonds is 8. The van der Waals surface area contributed by atoms with Gasteiger partial charge in [-0.3, -0.25) is 4.79 Å². The normalized spacial score (nSPS) is 13.1. The van der Waals surface area contributed by atoms with E-state index in [0.29, 0.717) is 0 Å². The van der Waals surface area contributed by atoms with Gasteiger partial charge in [0.1, 0.15) is 5.82 Å². The van der Waals surface area contributed by atoms with Crippen molar-refractivity contribution in [2.45, 2.75) is 38.8 Å². The van der Waals surface area contributed by atoms with Crippen LogP contribution in [0.1, 0.15) is 31.4 Å². The first kappa shape index (κ1) is 20.4. The van der Waals surface area contributed by atoms with Crippen molar-refractivity contribution in [3.8, 4) is 0 Å². The van der Waals surface area contributed by atoms with Crippen LogP contribution in [0.4, 0.5) is 4.39 Å². The van der Waals surface area contributed by atoms with Crippen LogP contribution in [0, 0.1) is 5.82 Å². The zero-order valence-electron chi connectivity index (χ0n) is 15.5. The minimum atomic E-state index is -0.929. The molecule has 1 N–H and O–H groups in total. The minimum Gasteiger partial charge on any atom is -0.449 e. The Morgan fingerprint density at radius 3 is 2.44 bits per heavy atom. The van der Waals surface area contributed by atoms with Crippen molar-refractivity contribution in [2.24, 2.45) is 0 Å². The van der Waals surface area contributed by atoms with Crippen molar-refractivity contribution in [2.75, 3.05) is 0 Å². The lowest BCUT2D eigenvalue weighted by Crippen LogP contribution is -2.40. The fourth-order valence-corrected chi connectivity index (χ4v) is 2.50. The second kappa shape index (κ2) is 10.3. The summed E-state index contributed by atoms with van der Waals surface area (Å²) >= 11 is 0. The van der Waals surface area contributed by atoms with E-state index < -0.39 is 17.9 Å². The molecule has 0 spiro atoms. The summed E-state index contributed by atoms with van der Waals surface area (Å²) in [6.45, 7) is 3.42. The van der Waals surface area contributed by atoms with Crippen molar-refractivity contribution in [1.29, 1.82) is 0 Å². The van der Waals surface area contributed by atoms with Gasteiger partial charge in [0.15, 0.2) is 6.10 Å². The maximum Gasteiger partial charge on any atom is 0.331 e. The van der Waals surface area contributed by atoms with E-state index in [9.17, 15) is 14.0 Å². The van der Waals surface area contributed by atoms with Crippen molar-refractivity contribution in [1.82, 2.24) is 5.32 Å². The fourth-order valence-electron chi connectivity index (χ4n) is 2.50. The van der Waals surface area contributed by atoms with Crippen LogP contribution in [0.2, 0.25) is 0 Å². The molecule has 0 aromatic heterocycles. The van der Waals surface area contributed by atoms with E-state index in [0.717, 1.165) is 18.9 Å². The molecule has 5 heteroatoms. The number of amides is 1. The number of hydrogen-bond acceptors (Lipinski definition) is 3. The Bertz CT molecular complexity index is 789. The Labute approximate surface area is 159 Å².